The van der Waals surface area contributed by atoms with Crippen LogP contribution in [0.3, 0.4) is 0 Å². The molecule has 0 aliphatic heterocycles. The third-order valence-electron chi connectivity index (χ3n) is 1.28. The summed E-state index contributed by atoms with van der Waals surface area (Å²) in [5.41, 5.74) is -0.311. The van der Waals surface area contributed by atoms with Gasteiger partial charge in [-0.25, -0.2) is 4.79 Å². The van der Waals surface area contributed by atoms with Gasteiger partial charge in [-0.3, -0.25) is 4.79 Å². The number of aromatic carboxylic acids is 1. The fourth-order valence-corrected chi connectivity index (χ4v) is 0.958. The second kappa shape index (κ2) is 4.01. The van der Waals surface area contributed by atoms with Gasteiger partial charge in [0.2, 0.25) is 5.91 Å². The topological polar surface area (TPSA) is 92.2 Å². The third-order valence-corrected chi connectivity index (χ3v) is 1.46. The van der Waals surface area contributed by atoms with Crippen LogP contribution in [-0.4, -0.2) is 27.2 Å². The van der Waals surface area contributed by atoms with Crippen molar-refractivity contribution in [2.45, 2.75) is 6.92 Å². The first-order chi connectivity index (χ1) is 6.50. The number of aromatic nitrogens is 2. The van der Waals surface area contributed by atoms with Crippen molar-refractivity contribution in [3.8, 4) is 0 Å². The maximum Gasteiger partial charge on any atom is 0.358 e. The first-order valence-corrected chi connectivity index (χ1v) is 3.92. The Labute approximate surface area is 83.9 Å². The van der Waals surface area contributed by atoms with Gasteiger partial charge in [0.1, 0.15) is 0 Å². The number of carbonyl (C=O) groups is 2. The Morgan fingerprint density at radius 2 is 2.14 bits per heavy atom. The van der Waals surface area contributed by atoms with E-state index in [1.807, 2.05) is 0 Å². The first-order valence-electron chi connectivity index (χ1n) is 3.55. The zero-order valence-electron chi connectivity index (χ0n) is 7.11. The van der Waals surface area contributed by atoms with Crippen LogP contribution in [0, 0.1) is 0 Å². The van der Waals surface area contributed by atoms with Gasteiger partial charge in [0.05, 0.1) is 5.69 Å². The molecule has 0 radical (unpaired) electrons. The third kappa shape index (κ3) is 2.40. The second-order valence-electron chi connectivity index (χ2n) is 2.42. The molecule has 74 valence electrons. The molecule has 0 aliphatic rings. The highest BCUT2D eigenvalue weighted by atomic mass is 35.5. The molecule has 0 bridgehead atoms. The number of hydrogen-bond donors (Lipinski definition) is 2. The Hall–Kier alpha value is -1.69. The molecule has 1 amide bonds. The standard InChI is InChI=1S/C7H6ClN3O3/c1-3(12)9-4-2-5(8)10-11-6(4)7(13)14/h2H,1H3,(H,13,14)(H,9,10,12). The molecular weight excluding hydrogens is 210 g/mol. The molecule has 0 saturated carbocycles. The lowest BCUT2D eigenvalue weighted by Gasteiger charge is -2.04. The molecule has 0 fully saturated rings. The van der Waals surface area contributed by atoms with Gasteiger partial charge in [-0.15, -0.1) is 10.2 Å². The van der Waals surface area contributed by atoms with Crippen LogP contribution in [-0.2, 0) is 4.79 Å². The van der Waals surface area contributed by atoms with Crippen LogP contribution in [0.4, 0.5) is 5.69 Å². The highest BCUT2D eigenvalue weighted by molar-refractivity contribution is 6.29. The summed E-state index contributed by atoms with van der Waals surface area (Å²) in [5, 5.41) is 17.7. The van der Waals surface area contributed by atoms with E-state index in [4.69, 9.17) is 16.7 Å². The van der Waals surface area contributed by atoms with Crippen LogP contribution < -0.4 is 5.32 Å². The number of hydrogen-bond acceptors (Lipinski definition) is 4. The van der Waals surface area contributed by atoms with Crippen LogP contribution in [0.2, 0.25) is 5.15 Å². The highest BCUT2D eigenvalue weighted by Gasteiger charge is 2.14. The molecule has 0 aromatic carbocycles. The summed E-state index contributed by atoms with van der Waals surface area (Å²) in [7, 11) is 0. The van der Waals surface area contributed by atoms with Crippen molar-refractivity contribution < 1.29 is 14.7 Å². The van der Waals surface area contributed by atoms with Gasteiger partial charge in [-0.2, -0.15) is 0 Å². The Morgan fingerprint density at radius 1 is 1.50 bits per heavy atom. The SMILES string of the molecule is CC(=O)Nc1cc(Cl)nnc1C(=O)O. The summed E-state index contributed by atoms with van der Waals surface area (Å²) in [6.45, 7) is 1.25. The van der Waals surface area contributed by atoms with Crippen LogP contribution in [0.1, 0.15) is 17.4 Å². The van der Waals surface area contributed by atoms with E-state index in [-0.39, 0.29) is 16.5 Å². The lowest BCUT2D eigenvalue weighted by Crippen LogP contribution is -2.13. The Balaban J connectivity index is 3.15. The molecule has 0 saturated heterocycles. The van der Waals surface area contributed by atoms with Crippen molar-refractivity contribution in [3.63, 3.8) is 0 Å². The van der Waals surface area contributed by atoms with Crippen molar-refractivity contribution in [2.75, 3.05) is 5.32 Å². The average molecular weight is 216 g/mol. The molecule has 0 unspecified atom stereocenters. The van der Waals surface area contributed by atoms with Gasteiger partial charge in [0, 0.05) is 13.0 Å². The molecule has 1 aromatic rings. The fraction of sp³-hybridized carbons (Fsp3) is 0.143. The maximum absolute atomic E-state index is 10.7. The average Bonchev–Trinajstić information content (AvgIpc) is 2.01. The van der Waals surface area contributed by atoms with E-state index in [0.29, 0.717) is 0 Å². The van der Waals surface area contributed by atoms with Crippen LogP contribution in [0.15, 0.2) is 6.07 Å². The van der Waals surface area contributed by atoms with Crippen LogP contribution in [0.25, 0.3) is 0 Å². The number of nitrogens with one attached hydrogen (secondary N) is 1. The molecular formula is C7H6ClN3O3. The quantitative estimate of drug-likeness (QED) is 0.761. The molecule has 1 heterocycles. The number of anilines is 1. The molecule has 1 rings (SSSR count). The number of carboxylic acid groups (broad SMARTS) is 1. The summed E-state index contributed by atoms with van der Waals surface area (Å²) in [4.78, 5) is 21.3. The van der Waals surface area contributed by atoms with Gasteiger partial charge in [0.15, 0.2) is 10.8 Å². The zero-order chi connectivity index (χ0) is 10.7. The van der Waals surface area contributed by atoms with Gasteiger partial charge < -0.3 is 10.4 Å². The van der Waals surface area contributed by atoms with Gasteiger partial charge in [-0.1, -0.05) is 11.6 Å². The summed E-state index contributed by atoms with van der Waals surface area (Å²) in [6, 6.07) is 1.22. The van der Waals surface area contributed by atoms with E-state index < -0.39 is 11.9 Å². The molecule has 0 atom stereocenters. The maximum atomic E-state index is 10.7. The lowest BCUT2D eigenvalue weighted by atomic mass is 10.3. The Bertz CT molecular complexity index is 394. The summed E-state index contributed by atoms with van der Waals surface area (Å²) < 4.78 is 0. The Morgan fingerprint density at radius 3 is 2.64 bits per heavy atom. The largest absolute Gasteiger partial charge is 0.476 e. The minimum atomic E-state index is -1.28. The number of amides is 1. The van der Waals surface area contributed by atoms with Crippen molar-refractivity contribution in [1.29, 1.82) is 0 Å². The van der Waals surface area contributed by atoms with E-state index in [1.165, 1.54) is 13.0 Å². The monoisotopic (exact) mass is 215 g/mol. The minimum absolute atomic E-state index is 0.0127. The van der Waals surface area contributed by atoms with Crippen molar-refractivity contribution in [2.24, 2.45) is 0 Å². The number of nitrogens with zero attached hydrogens (tertiary/aromatic N) is 2. The molecule has 0 spiro atoms. The highest BCUT2D eigenvalue weighted by Crippen LogP contribution is 2.16. The summed E-state index contributed by atoms with van der Waals surface area (Å²) >= 11 is 5.49. The first kappa shape index (κ1) is 10.4. The molecule has 1 aromatic heterocycles. The lowest BCUT2D eigenvalue weighted by molar-refractivity contribution is -0.114. The van der Waals surface area contributed by atoms with E-state index >= 15 is 0 Å². The molecule has 0 aliphatic carbocycles. The Kier molecular flexibility index (Phi) is 2.98. The minimum Gasteiger partial charge on any atom is -0.476 e. The van der Waals surface area contributed by atoms with Crippen molar-refractivity contribution >= 4 is 29.2 Å². The number of carboxylic acids is 1. The zero-order valence-corrected chi connectivity index (χ0v) is 7.87. The van der Waals surface area contributed by atoms with E-state index in [0.717, 1.165) is 0 Å². The number of rotatable bonds is 2. The van der Waals surface area contributed by atoms with Gasteiger partial charge in [-0.05, 0) is 0 Å². The molecule has 6 nitrogen and oxygen atoms in total. The van der Waals surface area contributed by atoms with Crippen LogP contribution in [0.5, 0.6) is 0 Å². The normalized spacial score (nSPS) is 9.57. The van der Waals surface area contributed by atoms with Crippen molar-refractivity contribution in [1.82, 2.24) is 10.2 Å². The predicted molar refractivity (Wildman–Crippen MR) is 48.3 cm³/mol. The van der Waals surface area contributed by atoms with E-state index in [9.17, 15) is 9.59 Å². The van der Waals surface area contributed by atoms with E-state index in [2.05, 4.69) is 15.5 Å². The molecule has 7 heteroatoms. The second-order valence-corrected chi connectivity index (χ2v) is 2.80. The smallest absolute Gasteiger partial charge is 0.358 e. The summed E-state index contributed by atoms with van der Waals surface area (Å²) in [5.74, 6) is -1.69. The predicted octanol–water partition coefficient (Wildman–Crippen LogP) is 0.787. The fourth-order valence-electron chi connectivity index (χ4n) is 0.811. The van der Waals surface area contributed by atoms with Crippen LogP contribution >= 0.6 is 11.6 Å². The summed E-state index contributed by atoms with van der Waals surface area (Å²) in [6.07, 6.45) is 0. The van der Waals surface area contributed by atoms with E-state index in [1.54, 1.807) is 0 Å². The number of halogens is 1. The number of carbonyl (C=O) groups excluding carboxylic acids is 1. The van der Waals surface area contributed by atoms with Gasteiger partial charge >= 0.3 is 5.97 Å². The van der Waals surface area contributed by atoms with Gasteiger partial charge in [0.25, 0.3) is 0 Å². The van der Waals surface area contributed by atoms with Crippen molar-refractivity contribution in [3.05, 3.63) is 16.9 Å². The molecule has 2 N–H and O–H groups in total. The molecule has 14 heavy (non-hydrogen) atoms.